The van der Waals surface area contributed by atoms with Crippen molar-refractivity contribution in [3.63, 3.8) is 0 Å². The molecule has 3 aromatic rings. The maximum absolute atomic E-state index is 12.7. The Balaban J connectivity index is 1.75. The Hall–Kier alpha value is -3.53. The van der Waals surface area contributed by atoms with E-state index in [1.807, 2.05) is 0 Å². The summed E-state index contributed by atoms with van der Waals surface area (Å²) in [4.78, 5) is 39.5. The van der Waals surface area contributed by atoms with Crippen LogP contribution in [0.2, 0.25) is 10.0 Å². The van der Waals surface area contributed by atoms with Gasteiger partial charge in [0.1, 0.15) is 11.4 Å². The number of aromatic nitrogens is 1. The van der Waals surface area contributed by atoms with Crippen molar-refractivity contribution < 1.29 is 24.7 Å². The number of phenolic OH excluding ortho intramolecular Hbond substituents is 1. The van der Waals surface area contributed by atoms with Crippen molar-refractivity contribution >= 4 is 46.6 Å². The van der Waals surface area contributed by atoms with Gasteiger partial charge in [-0.15, -0.1) is 0 Å². The Kier molecular flexibility index (Phi) is 7.04. The van der Waals surface area contributed by atoms with Gasteiger partial charge in [0, 0.05) is 17.8 Å². The number of carbonyl (C=O) groups excluding carboxylic acids is 3. The van der Waals surface area contributed by atoms with Crippen LogP contribution in [0.15, 0.2) is 42.5 Å². The number of anilines is 1. The SMILES string of the molecule is Cc1[nH]c(C(=O)Nc2ccc(O)cc2C(=O)NCc2ccc(C(=O)NO)cc2)c(Cl)c1Cl. The lowest BCUT2D eigenvalue weighted by Crippen LogP contribution is -2.25. The quantitative estimate of drug-likeness (QED) is 0.183. The topological polar surface area (TPSA) is 144 Å². The summed E-state index contributed by atoms with van der Waals surface area (Å²) in [5.74, 6) is -1.98. The van der Waals surface area contributed by atoms with Gasteiger partial charge in [0.2, 0.25) is 0 Å². The number of phenols is 1. The molecule has 0 spiro atoms. The first-order valence-corrected chi connectivity index (χ1v) is 9.96. The van der Waals surface area contributed by atoms with Crippen LogP contribution >= 0.6 is 23.2 Å². The number of hydroxylamine groups is 1. The summed E-state index contributed by atoms with van der Waals surface area (Å²) in [5, 5.41) is 24.0. The molecule has 3 rings (SSSR count). The zero-order valence-electron chi connectivity index (χ0n) is 16.6. The minimum atomic E-state index is -0.653. The van der Waals surface area contributed by atoms with Crippen molar-refractivity contribution in [1.29, 1.82) is 0 Å². The standard InChI is InChI=1S/C21H18Cl2N4O5/c1-10-16(22)17(23)18(25-10)21(31)26-15-7-6-13(28)8-14(15)20(30)24-9-11-2-4-12(5-3-11)19(29)27-32/h2-8,25,28,32H,9H2,1H3,(H,24,30)(H,26,31)(H,27,29). The van der Waals surface area contributed by atoms with Gasteiger partial charge < -0.3 is 20.7 Å². The molecule has 0 aliphatic carbocycles. The monoisotopic (exact) mass is 476 g/mol. The molecule has 0 aliphatic heterocycles. The van der Waals surface area contributed by atoms with Gasteiger partial charge in [0.25, 0.3) is 17.7 Å². The maximum atomic E-state index is 12.7. The number of hydrogen-bond acceptors (Lipinski definition) is 5. The molecule has 1 heterocycles. The van der Waals surface area contributed by atoms with Gasteiger partial charge in [-0.3, -0.25) is 19.6 Å². The summed E-state index contributed by atoms with van der Waals surface area (Å²) in [6, 6.07) is 10.1. The molecule has 166 valence electrons. The molecule has 0 saturated heterocycles. The highest BCUT2D eigenvalue weighted by atomic mass is 35.5. The van der Waals surface area contributed by atoms with Crippen molar-refractivity contribution in [1.82, 2.24) is 15.8 Å². The van der Waals surface area contributed by atoms with E-state index >= 15 is 0 Å². The molecule has 0 atom stereocenters. The number of rotatable bonds is 6. The molecular weight excluding hydrogens is 459 g/mol. The lowest BCUT2D eigenvalue weighted by atomic mass is 10.1. The van der Waals surface area contributed by atoms with Crippen LogP contribution in [-0.2, 0) is 6.54 Å². The number of aryl methyl sites for hydroxylation is 1. The molecule has 9 nitrogen and oxygen atoms in total. The van der Waals surface area contributed by atoms with Gasteiger partial charge in [-0.25, -0.2) is 5.48 Å². The van der Waals surface area contributed by atoms with Crippen LogP contribution < -0.4 is 16.1 Å². The lowest BCUT2D eigenvalue weighted by molar-refractivity contribution is 0.0706. The number of amides is 3. The molecule has 6 N–H and O–H groups in total. The molecule has 0 saturated carbocycles. The predicted molar refractivity (Wildman–Crippen MR) is 118 cm³/mol. The molecule has 11 heteroatoms. The normalized spacial score (nSPS) is 10.5. The largest absolute Gasteiger partial charge is 0.508 e. The number of nitrogens with one attached hydrogen (secondary N) is 4. The van der Waals surface area contributed by atoms with E-state index in [9.17, 15) is 19.5 Å². The number of carbonyl (C=O) groups is 3. The summed E-state index contributed by atoms with van der Waals surface area (Å²) in [7, 11) is 0. The minimum Gasteiger partial charge on any atom is -0.508 e. The number of H-pyrrole nitrogens is 1. The number of hydrogen-bond donors (Lipinski definition) is 6. The van der Waals surface area contributed by atoms with E-state index in [-0.39, 0.29) is 44.8 Å². The fourth-order valence-electron chi connectivity index (χ4n) is 2.86. The fraction of sp³-hybridized carbons (Fsp3) is 0.0952. The number of benzene rings is 2. The first kappa shape index (κ1) is 23.1. The van der Waals surface area contributed by atoms with Crippen molar-refractivity contribution in [3.05, 3.63) is 80.6 Å². The summed E-state index contributed by atoms with van der Waals surface area (Å²) in [5.41, 5.74) is 3.21. The van der Waals surface area contributed by atoms with Crippen molar-refractivity contribution in [3.8, 4) is 5.75 Å². The Morgan fingerprint density at radius 3 is 2.25 bits per heavy atom. The second-order valence-corrected chi connectivity index (χ2v) is 7.51. The second-order valence-electron chi connectivity index (χ2n) is 6.76. The Morgan fingerprint density at radius 2 is 1.66 bits per heavy atom. The summed E-state index contributed by atoms with van der Waals surface area (Å²) < 4.78 is 0. The number of aromatic hydroxyl groups is 1. The number of halogens is 2. The molecule has 0 aliphatic rings. The van der Waals surface area contributed by atoms with Gasteiger partial charge in [0.15, 0.2) is 0 Å². The third-order valence-corrected chi connectivity index (χ3v) is 5.49. The van der Waals surface area contributed by atoms with Crippen molar-refractivity contribution in [2.45, 2.75) is 13.5 Å². The van der Waals surface area contributed by atoms with Gasteiger partial charge in [-0.1, -0.05) is 35.3 Å². The van der Waals surface area contributed by atoms with Crippen LogP contribution in [-0.4, -0.2) is 33.0 Å². The fourth-order valence-corrected chi connectivity index (χ4v) is 3.27. The zero-order chi connectivity index (χ0) is 23.4. The van der Waals surface area contributed by atoms with E-state index < -0.39 is 17.7 Å². The average molecular weight is 477 g/mol. The average Bonchev–Trinajstić information content (AvgIpc) is 3.05. The van der Waals surface area contributed by atoms with Crippen LogP contribution in [0.5, 0.6) is 5.75 Å². The molecular formula is C21H18Cl2N4O5. The van der Waals surface area contributed by atoms with Crippen LogP contribution in [0.25, 0.3) is 0 Å². The zero-order valence-corrected chi connectivity index (χ0v) is 18.1. The Bertz CT molecular complexity index is 1190. The molecule has 0 bridgehead atoms. The van der Waals surface area contributed by atoms with Crippen molar-refractivity contribution in [2.75, 3.05) is 5.32 Å². The smallest absolute Gasteiger partial charge is 0.274 e. The molecule has 32 heavy (non-hydrogen) atoms. The summed E-state index contributed by atoms with van der Waals surface area (Å²) in [6.45, 7) is 1.77. The van der Waals surface area contributed by atoms with Crippen LogP contribution in [0.1, 0.15) is 42.5 Å². The first-order valence-electron chi connectivity index (χ1n) is 9.20. The maximum Gasteiger partial charge on any atom is 0.274 e. The molecule has 0 radical (unpaired) electrons. The summed E-state index contributed by atoms with van der Waals surface area (Å²) >= 11 is 12.1. The highest BCUT2D eigenvalue weighted by Crippen LogP contribution is 2.30. The minimum absolute atomic E-state index is 0.0279. The molecule has 0 unspecified atom stereocenters. The molecule has 1 aromatic heterocycles. The van der Waals surface area contributed by atoms with E-state index in [2.05, 4.69) is 15.6 Å². The molecule has 2 aromatic carbocycles. The van der Waals surface area contributed by atoms with Gasteiger partial charge >= 0.3 is 0 Å². The van der Waals surface area contributed by atoms with E-state index in [1.54, 1.807) is 19.1 Å². The van der Waals surface area contributed by atoms with Crippen molar-refractivity contribution in [2.24, 2.45) is 0 Å². The van der Waals surface area contributed by atoms with Gasteiger partial charge in [-0.05, 0) is 42.8 Å². The van der Waals surface area contributed by atoms with Crippen LogP contribution in [0, 0.1) is 6.92 Å². The van der Waals surface area contributed by atoms with E-state index in [4.69, 9.17) is 28.4 Å². The third kappa shape index (κ3) is 5.02. The van der Waals surface area contributed by atoms with Gasteiger partial charge in [0.05, 0.1) is 21.3 Å². The Morgan fingerprint density at radius 1 is 0.969 bits per heavy atom. The first-order chi connectivity index (χ1) is 15.2. The molecule has 3 amide bonds. The lowest BCUT2D eigenvalue weighted by Gasteiger charge is -2.12. The molecule has 0 fully saturated rings. The summed E-state index contributed by atoms with van der Waals surface area (Å²) in [6.07, 6.45) is 0. The van der Waals surface area contributed by atoms with Crippen LogP contribution in [0.4, 0.5) is 5.69 Å². The van der Waals surface area contributed by atoms with E-state index in [0.29, 0.717) is 11.3 Å². The third-order valence-electron chi connectivity index (χ3n) is 4.55. The van der Waals surface area contributed by atoms with Crippen LogP contribution in [0.3, 0.4) is 0 Å². The van der Waals surface area contributed by atoms with E-state index in [1.165, 1.54) is 35.8 Å². The highest BCUT2D eigenvalue weighted by molar-refractivity contribution is 6.44. The van der Waals surface area contributed by atoms with Gasteiger partial charge in [-0.2, -0.15) is 0 Å². The predicted octanol–water partition coefficient (Wildman–Crippen LogP) is 3.64. The Labute approximate surface area is 192 Å². The van der Waals surface area contributed by atoms with E-state index in [0.717, 1.165) is 0 Å². The number of aromatic amines is 1. The second kappa shape index (κ2) is 9.73. The highest BCUT2D eigenvalue weighted by Gasteiger charge is 2.21.